The summed E-state index contributed by atoms with van der Waals surface area (Å²) in [7, 11) is 3.11. The van der Waals surface area contributed by atoms with Crippen molar-refractivity contribution in [3.8, 4) is 29.1 Å². The lowest BCUT2D eigenvalue weighted by molar-refractivity contribution is -0.120. The van der Waals surface area contributed by atoms with Crippen molar-refractivity contribution in [3.63, 3.8) is 0 Å². The third kappa shape index (κ3) is 7.46. The number of nitrogens with one attached hydrogen (secondary N) is 2. The van der Waals surface area contributed by atoms with E-state index in [1.807, 2.05) is 6.07 Å². The molecule has 152 valence electrons. The van der Waals surface area contributed by atoms with Crippen LogP contribution < -0.4 is 24.8 Å². The average Bonchev–Trinajstić information content (AvgIpc) is 2.70. The number of carbonyl (C=O) groups excluding carboxylic acids is 2. The van der Waals surface area contributed by atoms with E-state index in [1.165, 1.54) is 6.92 Å². The normalized spacial score (nSPS) is 9.62. The van der Waals surface area contributed by atoms with Gasteiger partial charge in [0.15, 0.2) is 11.5 Å². The fourth-order valence-corrected chi connectivity index (χ4v) is 2.48. The van der Waals surface area contributed by atoms with Gasteiger partial charge in [-0.15, -0.1) is 0 Å². The Balaban J connectivity index is 1.74. The fraction of sp³-hybridized carbons (Fsp3) is 0.273. The van der Waals surface area contributed by atoms with Gasteiger partial charge < -0.3 is 24.8 Å². The maximum atomic E-state index is 12.0. The van der Waals surface area contributed by atoms with E-state index in [-0.39, 0.29) is 31.4 Å². The molecule has 0 spiro atoms. The van der Waals surface area contributed by atoms with Crippen LogP contribution in [0.5, 0.6) is 17.2 Å². The second-order valence-electron chi connectivity index (χ2n) is 5.99. The van der Waals surface area contributed by atoms with Gasteiger partial charge in [-0.1, -0.05) is 24.0 Å². The van der Waals surface area contributed by atoms with Crippen LogP contribution in [0.3, 0.4) is 0 Å². The second-order valence-corrected chi connectivity index (χ2v) is 5.99. The summed E-state index contributed by atoms with van der Waals surface area (Å²) in [6, 6.07) is 12.4. The smallest absolute Gasteiger partial charge is 0.225 e. The molecule has 0 unspecified atom stereocenters. The maximum absolute atomic E-state index is 12.0. The second kappa shape index (κ2) is 11.2. The molecule has 2 rings (SSSR count). The molecule has 29 heavy (non-hydrogen) atoms. The first-order valence-corrected chi connectivity index (χ1v) is 8.95. The van der Waals surface area contributed by atoms with Crippen molar-refractivity contribution in [1.29, 1.82) is 0 Å². The summed E-state index contributed by atoms with van der Waals surface area (Å²) >= 11 is 0. The molecule has 0 aliphatic heterocycles. The lowest BCUT2D eigenvalue weighted by Crippen LogP contribution is -2.25. The first-order valence-electron chi connectivity index (χ1n) is 8.95. The molecule has 0 aliphatic rings. The monoisotopic (exact) mass is 396 g/mol. The largest absolute Gasteiger partial charge is 0.493 e. The van der Waals surface area contributed by atoms with E-state index in [2.05, 4.69) is 22.5 Å². The van der Waals surface area contributed by atoms with Gasteiger partial charge in [0.05, 0.1) is 27.2 Å². The van der Waals surface area contributed by atoms with Gasteiger partial charge in [-0.25, -0.2) is 0 Å². The molecule has 0 radical (unpaired) electrons. The van der Waals surface area contributed by atoms with Crippen LogP contribution >= 0.6 is 0 Å². The number of methoxy groups -OCH3 is 2. The summed E-state index contributed by atoms with van der Waals surface area (Å²) in [5.41, 5.74) is 1.47. The van der Waals surface area contributed by atoms with Crippen molar-refractivity contribution in [2.45, 2.75) is 13.3 Å². The molecule has 2 aromatic carbocycles. The first kappa shape index (κ1) is 21.6. The lowest BCUT2D eigenvalue weighted by atomic mass is 10.1. The third-order valence-corrected chi connectivity index (χ3v) is 3.78. The van der Waals surface area contributed by atoms with E-state index >= 15 is 0 Å². The molecule has 0 aliphatic carbocycles. The Morgan fingerprint density at radius 2 is 1.79 bits per heavy atom. The minimum atomic E-state index is -0.147. The van der Waals surface area contributed by atoms with Gasteiger partial charge in [0.25, 0.3) is 0 Å². The molecule has 0 fully saturated rings. The molecule has 7 nitrogen and oxygen atoms in total. The summed E-state index contributed by atoms with van der Waals surface area (Å²) in [5, 5.41) is 5.42. The molecular weight excluding hydrogens is 372 g/mol. The SMILES string of the molecule is COc1ccc(CC(=O)NCC#CCOc2cccc(NC(C)=O)c2)cc1OC. The highest BCUT2D eigenvalue weighted by Gasteiger charge is 2.07. The minimum Gasteiger partial charge on any atom is -0.493 e. The van der Waals surface area contributed by atoms with Crippen molar-refractivity contribution in [1.82, 2.24) is 5.32 Å². The van der Waals surface area contributed by atoms with Crippen LogP contribution in [0.25, 0.3) is 0 Å². The van der Waals surface area contributed by atoms with Gasteiger partial charge in [0, 0.05) is 18.7 Å². The highest BCUT2D eigenvalue weighted by atomic mass is 16.5. The summed E-state index contributed by atoms with van der Waals surface area (Å²) in [6.07, 6.45) is 0.217. The van der Waals surface area contributed by atoms with E-state index in [0.717, 1.165) is 5.56 Å². The fourth-order valence-electron chi connectivity index (χ4n) is 2.48. The number of hydrogen-bond acceptors (Lipinski definition) is 5. The van der Waals surface area contributed by atoms with E-state index in [9.17, 15) is 9.59 Å². The van der Waals surface area contributed by atoms with Crippen molar-refractivity contribution in [3.05, 3.63) is 48.0 Å². The first-order chi connectivity index (χ1) is 14.0. The molecule has 0 saturated heterocycles. The van der Waals surface area contributed by atoms with Crippen molar-refractivity contribution in [2.75, 3.05) is 32.7 Å². The molecule has 2 N–H and O–H groups in total. The van der Waals surface area contributed by atoms with Crippen LogP contribution in [0.4, 0.5) is 5.69 Å². The number of rotatable bonds is 8. The highest BCUT2D eigenvalue weighted by molar-refractivity contribution is 5.88. The molecule has 2 amide bonds. The van der Waals surface area contributed by atoms with Crippen molar-refractivity contribution >= 4 is 17.5 Å². The molecule has 0 atom stereocenters. The summed E-state index contributed by atoms with van der Waals surface area (Å²) in [6.45, 7) is 1.84. The van der Waals surface area contributed by atoms with Gasteiger partial charge in [0.1, 0.15) is 12.4 Å². The number of amides is 2. The predicted octanol–water partition coefficient (Wildman–Crippen LogP) is 2.40. The predicted molar refractivity (Wildman–Crippen MR) is 110 cm³/mol. The van der Waals surface area contributed by atoms with Crippen LogP contribution in [-0.2, 0) is 16.0 Å². The van der Waals surface area contributed by atoms with Crippen LogP contribution in [0.15, 0.2) is 42.5 Å². The molecule has 7 heteroatoms. The van der Waals surface area contributed by atoms with E-state index < -0.39 is 0 Å². The van der Waals surface area contributed by atoms with Crippen LogP contribution in [-0.4, -0.2) is 39.2 Å². The van der Waals surface area contributed by atoms with Crippen LogP contribution in [0.1, 0.15) is 12.5 Å². The molecular formula is C22H24N2O5. The molecule has 2 aromatic rings. The average molecular weight is 396 g/mol. The Morgan fingerprint density at radius 3 is 2.52 bits per heavy atom. The number of carbonyl (C=O) groups is 2. The van der Waals surface area contributed by atoms with E-state index in [1.54, 1.807) is 50.6 Å². The zero-order valence-corrected chi connectivity index (χ0v) is 16.7. The van der Waals surface area contributed by atoms with Gasteiger partial charge >= 0.3 is 0 Å². The molecule has 0 heterocycles. The Kier molecular flexibility index (Phi) is 8.39. The number of benzene rings is 2. The van der Waals surface area contributed by atoms with Gasteiger partial charge in [0.2, 0.25) is 11.8 Å². The van der Waals surface area contributed by atoms with Crippen molar-refractivity contribution in [2.24, 2.45) is 0 Å². The Hall–Kier alpha value is -3.66. The van der Waals surface area contributed by atoms with Gasteiger partial charge in [-0.2, -0.15) is 0 Å². The van der Waals surface area contributed by atoms with Gasteiger partial charge in [-0.3, -0.25) is 9.59 Å². The lowest BCUT2D eigenvalue weighted by Gasteiger charge is -2.09. The summed E-state index contributed by atoms with van der Waals surface area (Å²) in [4.78, 5) is 23.1. The standard InChI is InChI=1S/C22H24N2O5/c1-16(25)24-18-7-6-8-19(15-18)29-12-5-4-11-23-22(26)14-17-9-10-20(27-2)21(13-17)28-3/h6-10,13,15H,11-12,14H2,1-3H3,(H,23,26)(H,24,25). The number of hydrogen-bond donors (Lipinski definition) is 2. The van der Waals surface area contributed by atoms with Crippen LogP contribution in [0, 0.1) is 11.8 Å². The highest BCUT2D eigenvalue weighted by Crippen LogP contribution is 2.27. The summed E-state index contributed by atoms with van der Waals surface area (Å²) < 4.78 is 15.9. The zero-order valence-electron chi connectivity index (χ0n) is 16.7. The number of anilines is 1. The topological polar surface area (TPSA) is 85.9 Å². The third-order valence-electron chi connectivity index (χ3n) is 3.78. The Bertz CT molecular complexity index is 915. The van der Waals surface area contributed by atoms with E-state index in [0.29, 0.717) is 22.9 Å². The summed E-state index contributed by atoms with van der Waals surface area (Å²) in [5.74, 6) is 7.18. The van der Waals surface area contributed by atoms with E-state index in [4.69, 9.17) is 14.2 Å². The quantitative estimate of drug-likeness (QED) is 0.670. The van der Waals surface area contributed by atoms with Gasteiger partial charge in [-0.05, 0) is 29.8 Å². The molecule has 0 aromatic heterocycles. The zero-order chi connectivity index (χ0) is 21.1. The van der Waals surface area contributed by atoms with Crippen LogP contribution in [0.2, 0.25) is 0 Å². The molecule has 0 saturated carbocycles. The Labute approximate surface area is 170 Å². The molecule has 0 bridgehead atoms. The maximum Gasteiger partial charge on any atom is 0.225 e. The van der Waals surface area contributed by atoms with Crippen molar-refractivity contribution < 1.29 is 23.8 Å². The number of ether oxygens (including phenoxy) is 3. The minimum absolute atomic E-state index is 0.143. The Morgan fingerprint density at radius 1 is 1.00 bits per heavy atom.